The Hall–Kier alpha value is -3.54. The fourth-order valence-electron chi connectivity index (χ4n) is 4.90. The van der Waals surface area contributed by atoms with Crippen molar-refractivity contribution in [2.75, 3.05) is 30.4 Å². The van der Waals surface area contributed by atoms with Crippen molar-refractivity contribution in [3.05, 3.63) is 101 Å². The highest BCUT2D eigenvalue weighted by Crippen LogP contribution is 2.40. The third kappa shape index (κ3) is 7.64. The average Bonchev–Trinajstić information content (AvgIpc) is 3.44. The lowest BCUT2D eigenvalue weighted by Gasteiger charge is -2.30. The molecule has 0 saturated heterocycles. The lowest BCUT2D eigenvalue weighted by Crippen LogP contribution is -2.28. The van der Waals surface area contributed by atoms with Gasteiger partial charge in [0.1, 0.15) is 45.8 Å². The second-order valence-electron chi connectivity index (χ2n) is 10.3. The summed E-state index contributed by atoms with van der Waals surface area (Å²) in [6.45, 7) is 1.38. The summed E-state index contributed by atoms with van der Waals surface area (Å²) in [5.41, 5.74) is 2.86. The van der Waals surface area contributed by atoms with Gasteiger partial charge in [0.25, 0.3) is 0 Å². The second kappa shape index (κ2) is 13.2. The second-order valence-corrected chi connectivity index (χ2v) is 13.4. The van der Waals surface area contributed by atoms with Gasteiger partial charge in [-0.15, -0.1) is 0 Å². The topological polar surface area (TPSA) is 102 Å². The number of rotatable bonds is 13. The number of halogens is 2. The number of nitrogens with zero attached hydrogens (tertiary/aromatic N) is 2. The van der Waals surface area contributed by atoms with Crippen molar-refractivity contribution in [3.8, 4) is 5.75 Å². The summed E-state index contributed by atoms with van der Waals surface area (Å²) in [5, 5.41) is 7.48. The molecule has 8 nitrogen and oxygen atoms in total. The van der Waals surface area contributed by atoms with Crippen LogP contribution in [0.3, 0.4) is 0 Å². The molecule has 1 aliphatic rings. The Balaban J connectivity index is 1.29. The van der Waals surface area contributed by atoms with Gasteiger partial charge in [-0.2, -0.15) is 0 Å². The summed E-state index contributed by atoms with van der Waals surface area (Å²) in [7, 11) is -2.98. The number of fused-ring (bicyclic) bond motifs is 1. The molecule has 42 heavy (non-hydrogen) atoms. The largest absolute Gasteiger partial charge is 0.490 e. The van der Waals surface area contributed by atoms with Crippen molar-refractivity contribution in [1.82, 2.24) is 15.3 Å². The van der Waals surface area contributed by atoms with Crippen LogP contribution in [0.4, 0.5) is 15.9 Å². The third-order valence-electron chi connectivity index (χ3n) is 7.06. The molecule has 0 spiro atoms. The Labute approximate surface area is 253 Å². The zero-order chi connectivity index (χ0) is 29.6. The Kier molecular flexibility index (Phi) is 9.40. The first-order valence-electron chi connectivity index (χ1n) is 13.6. The van der Waals surface area contributed by atoms with Gasteiger partial charge >= 0.3 is 0 Å². The monoisotopic (exact) mass is 654 g/mol. The first-order chi connectivity index (χ1) is 20.2. The van der Waals surface area contributed by atoms with Crippen LogP contribution in [0.25, 0.3) is 10.9 Å². The number of hydrogen-bond donors (Lipinski definition) is 2. The first-order valence-corrected chi connectivity index (χ1v) is 16.5. The molecule has 1 aromatic heterocycles. The Morgan fingerprint density at radius 2 is 1.98 bits per heavy atom. The van der Waals surface area contributed by atoms with Gasteiger partial charge in [0, 0.05) is 30.3 Å². The van der Waals surface area contributed by atoms with Crippen LogP contribution in [0.5, 0.6) is 5.75 Å². The lowest BCUT2D eigenvalue weighted by atomic mass is 9.86. The van der Waals surface area contributed by atoms with Crippen LogP contribution in [0.15, 0.2) is 83.8 Å². The van der Waals surface area contributed by atoms with Gasteiger partial charge < -0.3 is 20.1 Å². The standard InChI is InChI=1S/C31H32BrFN4O4S/c1-42(38,39)16-14-34-13-3-11-31(12-4-15-41-31)23-7-9-28-26(18-23)30(36-21-35-28)37-25-8-10-29(27(32)19-25)40-20-22-5-2-6-24(33)17-22/h2,4-10,15,17-19,21,34H,3,11-14,16,20H2,1H3,(H,35,36,37). The molecule has 3 aromatic carbocycles. The fraction of sp³-hybridized carbons (Fsp3) is 0.290. The minimum Gasteiger partial charge on any atom is -0.490 e. The van der Waals surface area contributed by atoms with Crippen LogP contribution in [0.1, 0.15) is 30.4 Å². The van der Waals surface area contributed by atoms with Gasteiger partial charge in [0.05, 0.1) is 22.0 Å². The van der Waals surface area contributed by atoms with E-state index < -0.39 is 15.4 Å². The van der Waals surface area contributed by atoms with E-state index in [9.17, 15) is 12.8 Å². The van der Waals surface area contributed by atoms with Gasteiger partial charge in [-0.1, -0.05) is 18.2 Å². The molecular weight excluding hydrogens is 623 g/mol. The number of aromatic nitrogens is 2. The minimum absolute atomic E-state index is 0.123. The van der Waals surface area contributed by atoms with Crippen molar-refractivity contribution >= 4 is 48.2 Å². The summed E-state index contributed by atoms with van der Waals surface area (Å²) in [6, 6.07) is 18.1. The molecule has 2 heterocycles. The number of sulfone groups is 1. The van der Waals surface area contributed by atoms with Crippen molar-refractivity contribution in [2.45, 2.75) is 31.5 Å². The van der Waals surface area contributed by atoms with Gasteiger partial charge in [0.15, 0.2) is 0 Å². The van der Waals surface area contributed by atoms with E-state index in [2.05, 4.69) is 42.6 Å². The maximum Gasteiger partial charge on any atom is 0.148 e. The van der Waals surface area contributed by atoms with E-state index in [1.807, 2.05) is 42.5 Å². The number of nitrogens with one attached hydrogen (secondary N) is 2. The number of ether oxygens (including phenoxy) is 2. The predicted molar refractivity (Wildman–Crippen MR) is 166 cm³/mol. The summed E-state index contributed by atoms with van der Waals surface area (Å²) in [6.07, 6.45) is 8.87. The normalized spacial score (nSPS) is 16.5. The van der Waals surface area contributed by atoms with E-state index in [0.29, 0.717) is 24.7 Å². The summed E-state index contributed by atoms with van der Waals surface area (Å²) < 4.78 is 49.1. The van der Waals surface area contributed by atoms with Crippen molar-refractivity contribution in [1.29, 1.82) is 0 Å². The quantitative estimate of drug-likeness (QED) is 0.160. The van der Waals surface area contributed by atoms with Gasteiger partial charge in [-0.05, 0) is 95.0 Å². The molecule has 0 bridgehead atoms. The van der Waals surface area contributed by atoms with Crippen LogP contribution in [0.2, 0.25) is 0 Å². The molecule has 220 valence electrons. The first kappa shape index (κ1) is 29.9. The molecule has 0 fully saturated rings. The van der Waals surface area contributed by atoms with E-state index in [1.54, 1.807) is 12.3 Å². The van der Waals surface area contributed by atoms with Gasteiger partial charge in [-0.3, -0.25) is 0 Å². The average molecular weight is 656 g/mol. The zero-order valence-electron chi connectivity index (χ0n) is 23.1. The molecule has 0 saturated carbocycles. The molecule has 0 aliphatic carbocycles. The highest BCUT2D eigenvalue weighted by atomic mass is 79.9. The Morgan fingerprint density at radius 3 is 2.74 bits per heavy atom. The van der Waals surface area contributed by atoms with E-state index in [0.717, 1.165) is 51.5 Å². The van der Waals surface area contributed by atoms with E-state index >= 15 is 0 Å². The molecule has 11 heteroatoms. The number of hydrogen-bond acceptors (Lipinski definition) is 8. The van der Waals surface area contributed by atoms with Crippen LogP contribution in [-0.4, -0.2) is 43.5 Å². The predicted octanol–water partition coefficient (Wildman–Crippen LogP) is 6.40. The number of anilines is 2. The van der Waals surface area contributed by atoms with Crippen molar-refractivity contribution < 1.29 is 22.3 Å². The molecule has 0 radical (unpaired) electrons. The maximum absolute atomic E-state index is 13.5. The summed E-state index contributed by atoms with van der Waals surface area (Å²) >= 11 is 3.58. The van der Waals surface area contributed by atoms with E-state index in [4.69, 9.17) is 9.47 Å². The highest BCUT2D eigenvalue weighted by molar-refractivity contribution is 9.10. The molecule has 4 aromatic rings. The SMILES string of the molecule is CS(=O)(=O)CCNCCCC1(c2ccc3ncnc(Nc4ccc(OCc5cccc(F)c5)c(Br)c4)c3c2)CC=CO1. The third-order valence-corrected chi connectivity index (χ3v) is 8.63. The molecule has 0 amide bonds. The van der Waals surface area contributed by atoms with Crippen LogP contribution < -0.4 is 15.4 Å². The van der Waals surface area contributed by atoms with Crippen LogP contribution in [0, 0.1) is 5.82 Å². The molecule has 1 unspecified atom stereocenters. The summed E-state index contributed by atoms with van der Waals surface area (Å²) in [5.74, 6) is 1.12. The van der Waals surface area contributed by atoms with E-state index in [-0.39, 0.29) is 18.2 Å². The zero-order valence-corrected chi connectivity index (χ0v) is 25.5. The van der Waals surface area contributed by atoms with Crippen LogP contribution >= 0.6 is 15.9 Å². The molecule has 1 aliphatic heterocycles. The maximum atomic E-state index is 13.5. The molecular formula is C31H32BrFN4O4S. The van der Waals surface area contributed by atoms with Crippen molar-refractivity contribution in [3.63, 3.8) is 0 Å². The van der Waals surface area contributed by atoms with Gasteiger partial charge in [-0.25, -0.2) is 22.8 Å². The highest BCUT2D eigenvalue weighted by Gasteiger charge is 2.35. The lowest BCUT2D eigenvalue weighted by molar-refractivity contribution is 0.0306. The summed E-state index contributed by atoms with van der Waals surface area (Å²) in [4.78, 5) is 8.98. The Morgan fingerprint density at radius 1 is 1.10 bits per heavy atom. The van der Waals surface area contributed by atoms with Crippen LogP contribution in [-0.2, 0) is 26.8 Å². The van der Waals surface area contributed by atoms with E-state index in [1.165, 1.54) is 24.7 Å². The molecule has 2 N–H and O–H groups in total. The molecule has 1 atom stereocenters. The minimum atomic E-state index is -2.98. The fourth-order valence-corrected chi connectivity index (χ4v) is 5.91. The number of benzene rings is 3. The smallest absolute Gasteiger partial charge is 0.148 e. The van der Waals surface area contributed by atoms with Gasteiger partial charge in [0.2, 0.25) is 0 Å². The van der Waals surface area contributed by atoms with Crippen molar-refractivity contribution in [2.24, 2.45) is 0 Å². The molecule has 5 rings (SSSR count). The Bertz CT molecular complexity index is 1690.